The zero-order chi connectivity index (χ0) is 30.5. The molecule has 3 heterocycles. The lowest BCUT2D eigenvalue weighted by Crippen LogP contribution is -2.36. The van der Waals surface area contributed by atoms with E-state index in [1.165, 1.54) is 43.0 Å². The molecule has 1 atom stereocenters. The van der Waals surface area contributed by atoms with E-state index in [0.717, 1.165) is 34.0 Å². The SMILES string of the molecule is c1ccc(C2=NC(c3ccc(-n4c5ccccc5c5c6sccc6ccc54)cc3)N=C(c3ccc(-c4ccccc4)cc3)N2)cc1. The number of thiophene rings is 1. The van der Waals surface area contributed by atoms with Crippen molar-refractivity contribution in [2.45, 2.75) is 6.17 Å². The van der Waals surface area contributed by atoms with Gasteiger partial charge in [-0.05, 0) is 57.8 Å². The van der Waals surface area contributed by atoms with Crippen LogP contribution < -0.4 is 5.32 Å². The zero-order valence-electron chi connectivity index (χ0n) is 24.8. The van der Waals surface area contributed by atoms with Gasteiger partial charge in [-0.15, -0.1) is 11.3 Å². The third kappa shape index (κ3) is 4.52. The Bertz CT molecular complexity index is 2420. The van der Waals surface area contributed by atoms with Crippen LogP contribution in [-0.4, -0.2) is 16.2 Å². The van der Waals surface area contributed by atoms with Gasteiger partial charge in [-0.2, -0.15) is 0 Å². The van der Waals surface area contributed by atoms with Crippen LogP contribution in [0.5, 0.6) is 0 Å². The van der Waals surface area contributed by atoms with Gasteiger partial charge >= 0.3 is 0 Å². The predicted octanol–water partition coefficient (Wildman–Crippen LogP) is 10.2. The molecule has 5 heteroatoms. The molecule has 0 bridgehead atoms. The van der Waals surface area contributed by atoms with Crippen LogP contribution in [0, 0.1) is 0 Å². The van der Waals surface area contributed by atoms with Gasteiger partial charge in [0.1, 0.15) is 11.7 Å². The lowest BCUT2D eigenvalue weighted by atomic mass is 10.0. The maximum Gasteiger partial charge on any atom is 0.169 e. The number of hydrogen-bond donors (Lipinski definition) is 1. The summed E-state index contributed by atoms with van der Waals surface area (Å²) in [5.74, 6) is 1.62. The molecule has 218 valence electrons. The van der Waals surface area contributed by atoms with Crippen molar-refractivity contribution in [3.8, 4) is 16.8 Å². The van der Waals surface area contributed by atoms with Gasteiger partial charge in [0.15, 0.2) is 6.17 Å². The van der Waals surface area contributed by atoms with Crippen molar-refractivity contribution < 1.29 is 0 Å². The monoisotopic (exact) mass is 608 g/mol. The lowest BCUT2D eigenvalue weighted by Gasteiger charge is -2.22. The number of aromatic nitrogens is 1. The molecular weight excluding hydrogens is 581 g/mol. The summed E-state index contributed by atoms with van der Waals surface area (Å²) in [6.07, 6.45) is -0.377. The Morgan fingerprint density at radius 1 is 0.522 bits per heavy atom. The number of rotatable bonds is 5. The molecule has 0 aliphatic carbocycles. The Balaban J connectivity index is 1.12. The highest BCUT2D eigenvalue weighted by Crippen LogP contribution is 2.39. The normalized spacial score (nSPS) is 14.7. The van der Waals surface area contributed by atoms with Gasteiger partial charge in [0.2, 0.25) is 0 Å². The Kier molecular flexibility index (Phi) is 6.35. The van der Waals surface area contributed by atoms with Crippen molar-refractivity contribution >= 4 is 54.9 Å². The minimum atomic E-state index is -0.377. The maximum atomic E-state index is 5.13. The van der Waals surface area contributed by atoms with E-state index in [9.17, 15) is 0 Å². The van der Waals surface area contributed by atoms with E-state index in [1.54, 1.807) is 0 Å². The smallest absolute Gasteiger partial charge is 0.169 e. The van der Waals surface area contributed by atoms with Crippen LogP contribution in [0.25, 0.3) is 48.7 Å². The van der Waals surface area contributed by atoms with Crippen LogP contribution in [-0.2, 0) is 0 Å². The lowest BCUT2D eigenvalue weighted by molar-refractivity contribution is 0.755. The average Bonchev–Trinajstić information content (AvgIpc) is 3.75. The molecule has 1 unspecified atom stereocenters. The van der Waals surface area contributed by atoms with E-state index < -0.39 is 0 Å². The summed E-state index contributed by atoms with van der Waals surface area (Å²) in [6, 6.07) is 53.4. The van der Waals surface area contributed by atoms with E-state index in [4.69, 9.17) is 9.98 Å². The van der Waals surface area contributed by atoms with E-state index in [0.29, 0.717) is 0 Å². The van der Waals surface area contributed by atoms with Crippen LogP contribution in [0.15, 0.2) is 167 Å². The van der Waals surface area contributed by atoms with Gasteiger partial charge in [0.25, 0.3) is 0 Å². The topological polar surface area (TPSA) is 41.7 Å². The molecule has 46 heavy (non-hydrogen) atoms. The number of nitrogens with zero attached hydrogens (tertiary/aromatic N) is 3. The molecule has 1 N–H and O–H groups in total. The molecular formula is C41H28N4S. The molecule has 2 aromatic heterocycles. The summed E-state index contributed by atoms with van der Waals surface area (Å²) in [6.45, 7) is 0. The summed E-state index contributed by atoms with van der Waals surface area (Å²) in [5, 5.41) is 9.59. The van der Waals surface area contributed by atoms with E-state index in [2.05, 4.69) is 143 Å². The van der Waals surface area contributed by atoms with Gasteiger partial charge in [0.05, 0.1) is 11.0 Å². The van der Waals surface area contributed by atoms with Crippen molar-refractivity contribution in [1.82, 2.24) is 9.88 Å². The summed E-state index contributed by atoms with van der Waals surface area (Å²) in [5.41, 5.74) is 9.00. The number of nitrogens with one attached hydrogen (secondary N) is 1. The van der Waals surface area contributed by atoms with Crippen molar-refractivity contribution in [1.29, 1.82) is 0 Å². The fraction of sp³-hybridized carbons (Fsp3) is 0.0244. The van der Waals surface area contributed by atoms with E-state index in [-0.39, 0.29) is 6.17 Å². The van der Waals surface area contributed by atoms with Crippen LogP contribution in [0.2, 0.25) is 0 Å². The minimum absolute atomic E-state index is 0.377. The minimum Gasteiger partial charge on any atom is -0.324 e. The highest BCUT2D eigenvalue weighted by atomic mass is 32.1. The molecule has 0 amide bonds. The zero-order valence-corrected chi connectivity index (χ0v) is 25.7. The first kappa shape index (κ1) is 26.6. The number of fused-ring (bicyclic) bond motifs is 5. The molecule has 6 aromatic carbocycles. The molecule has 0 radical (unpaired) electrons. The molecule has 0 fully saturated rings. The number of hydrogen-bond acceptors (Lipinski definition) is 4. The third-order valence-corrected chi connectivity index (χ3v) is 9.70. The highest BCUT2D eigenvalue weighted by Gasteiger charge is 2.21. The van der Waals surface area contributed by atoms with Crippen LogP contribution in [0.3, 0.4) is 0 Å². The molecule has 8 aromatic rings. The molecule has 0 saturated heterocycles. The maximum absolute atomic E-state index is 5.13. The quantitative estimate of drug-likeness (QED) is 0.208. The number of amidine groups is 2. The first-order valence-corrected chi connectivity index (χ1v) is 16.3. The van der Waals surface area contributed by atoms with Gasteiger partial charge in [-0.1, -0.05) is 121 Å². The second-order valence-corrected chi connectivity index (χ2v) is 12.4. The summed E-state index contributed by atoms with van der Waals surface area (Å²) >= 11 is 1.81. The second-order valence-electron chi connectivity index (χ2n) is 11.5. The third-order valence-electron chi connectivity index (χ3n) is 8.76. The summed E-state index contributed by atoms with van der Waals surface area (Å²) in [4.78, 5) is 10.2. The predicted molar refractivity (Wildman–Crippen MR) is 193 cm³/mol. The fourth-order valence-corrected chi connectivity index (χ4v) is 7.45. The Morgan fingerprint density at radius 2 is 1.13 bits per heavy atom. The molecule has 1 aliphatic rings. The number of benzene rings is 6. The van der Waals surface area contributed by atoms with E-state index in [1.807, 2.05) is 35.6 Å². The van der Waals surface area contributed by atoms with Crippen LogP contribution in [0.4, 0.5) is 0 Å². The molecule has 9 rings (SSSR count). The first-order valence-electron chi connectivity index (χ1n) is 15.4. The molecule has 4 nitrogen and oxygen atoms in total. The number of para-hydroxylation sites is 1. The Labute approximate surface area is 270 Å². The summed E-state index contributed by atoms with van der Waals surface area (Å²) in [7, 11) is 0. The second kappa shape index (κ2) is 11.0. The van der Waals surface area contributed by atoms with Crippen molar-refractivity contribution in [2.75, 3.05) is 0 Å². The van der Waals surface area contributed by atoms with Gasteiger partial charge in [0, 0.05) is 32.3 Å². The Hall–Kier alpha value is -5.78. The fourth-order valence-electron chi connectivity index (χ4n) is 6.49. The van der Waals surface area contributed by atoms with Gasteiger partial charge in [-0.25, -0.2) is 9.98 Å². The molecule has 0 spiro atoms. The van der Waals surface area contributed by atoms with Crippen molar-refractivity contribution in [3.05, 3.63) is 174 Å². The number of aliphatic imine (C=N–C) groups is 2. The van der Waals surface area contributed by atoms with Crippen molar-refractivity contribution in [3.63, 3.8) is 0 Å². The average molecular weight is 609 g/mol. The standard InChI is InChI=1S/C41H28N4S/c1-3-9-27(10-4-1)28-15-17-31(18-16-28)40-42-39(30-11-5-2-6-12-30)43-41(44-40)32-19-22-33(23-20-32)45-35-14-8-7-13-34(35)37-36(45)24-21-29-25-26-46-38(29)37/h1-26,41H,(H,42,43,44). The largest absolute Gasteiger partial charge is 0.324 e. The van der Waals surface area contributed by atoms with Crippen LogP contribution in [0.1, 0.15) is 22.9 Å². The molecule has 1 aliphatic heterocycles. The molecule has 0 saturated carbocycles. The van der Waals surface area contributed by atoms with Gasteiger partial charge < -0.3 is 9.88 Å². The van der Waals surface area contributed by atoms with E-state index >= 15 is 0 Å². The van der Waals surface area contributed by atoms with Gasteiger partial charge in [-0.3, -0.25) is 0 Å². The first-order chi connectivity index (χ1) is 22.8. The van der Waals surface area contributed by atoms with Crippen LogP contribution >= 0.6 is 11.3 Å². The highest BCUT2D eigenvalue weighted by molar-refractivity contribution is 7.18. The Morgan fingerprint density at radius 3 is 1.87 bits per heavy atom. The van der Waals surface area contributed by atoms with Crippen molar-refractivity contribution in [2.24, 2.45) is 9.98 Å². The summed E-state index contributed by atoms with van der Waals surface area (Å²) < 4.78 is 3.71.